The van der Waals surface area contributed by atoms with Gasteiger partial charge >= 0.3 is 6.01 Å². The highest BCUT2D eigenvalue weighted by Crippen LogP contribution is 2.37. The van der Waals surface area contributed by atoms with Crippen LogP contribution < -0.4 is 45.3 Å². The number of likely N-dealkylation sites (tertiary alicyclic amines) is 1. The number of piperidine rings is 2. The number of aliphatic hydroxyl groups excluding tert-OH is 1. The summed E-state index contributed by atoms with van der Waals surface area (Å²) in [6, 6.07) is 53.9. The molecule has 7 heterocycles. The Bertz CT molecular complexity index is 6870. The molecule has 6 N–H and O–H groups in total. The van der Waals surface area contributed by atoms with Crippen LogP contribution in [0.4, 0.5) is 45.9 Å². The van der Waals surface area contributed by atoms with E-state index in [4.69, 9.17) is 22.7 Å². The van der Waals surface area contributed by atoms with Crippen molar-refractivity contribution in [2.75, 3.05) is 67.9 Å². The van der Waals surface area contributed by atoms with Crippen LogP contribution in [0, 0.1) is 66.9 Å². The van der Waals surface area contributed by atoms with Crippen LogP contribution in [0.5, 0.6) is 23.3 Å². The van der Waals surface area contributed by atoms with Crippen LogP contribution in [0.25, 0.3) is 39.4 Å². The number of nitro benzene ring substituents is 3. The molecule has 3 aromatic heterocycles. The number of aliphatic hydroxyl groups is 1. The summed E-state index contributed by atoms with van der Waals surface area (Å²) in [7, 11) is -2.06. The van der Waals surface area contributed by atoms with E-state index < -0.39 is 43.2 Å². The number of nitro groups is 3. The van der Waals surface area contributed by atoms with E-state index in [0.29, 0.717) is 68.8 Å². The van der Waals surface area contributed by atoms with Crippen LogP contribution in [-0.2, 0) is 37.5 Å². The number of fused-ring (bicyclic) bond motifs is 3. The molecule has 3 saturated heterocycles. The Hall–Kier alpha value is -15.7. The Morgan fingerprint density at radius 3 is 2.17 bits per heavy atom. The van der Waals surface area contributed by atoms with E-state index in [0.717, 1.165) is 106 Å². The number of aromatic amines is 1. The van der Waals surface area contributed by atoms with Crippen LogP contribution in [0.15, 0.2) is 223 Å². The van der Waals surface area contributed by atoms with E-state index in [1.807, 2.05) is 78.9 Å². The number of nitrogens with one attached hydrogen (secondary N) is 3. The number of allylic oxidation sites excluding steroid dienone is 1. The van der Waals surface area contributed by atoms with Gasteiger partial charge in [0.1, 0.15) is 51.7 Å². The molecule has 9 aromatic carbocycles. The van der Waals surface area contributed by atoms with Gasteiger partial charge in [-0.25, -0.2) is 18.5 Å². The molecule has 3 fully saturated rings. The maximum Gasteiger partial charge on any atom is 0.327 e. The summed E-state index contributed by atoms with van der Waals surface area (Å²) in [5.74, 6) is -0.765. The second-order valence-corrected chi connectivity index (χ2v) is 34.6. The van der Waals surface area contributed by atoms with Gasteiger partial charge in [0.05, 0.1) is 98.8 Å². The zero-order valence-electron chi connectivity index (χ0n) is 71.9. The fraction of sp³-hybridized carbons (Fsp3) is 0.207. The quantitative estimate of drug-likeness (QED) is 0.00886. The first-order chi connectivity index (χ1) is 64.4. The fourth-order valence-electron chi connectivity index (χ4n) is 13.9. The maximum absolute atomic E-state index is 13.2. The van der Waals surface area contributed by atoms with Gasteiger partial charge in [-0.1, -0.05) is 142 Å². The van der Waals surface area contributed by atoms with E-state index in [9.17, 15) is 84.1 Å². The molecule has 0 radical (unpaired) electrons. The average Bonchev–Trinajstić information content (AvgIpc) is 1.04. The minimum absolute atomic E-state index is 0.0174. The second kappa shape index (κ2) is 45.7. The smallest absolute Gasteiger partial charge is 0.327 e. The van der Waals surface area contributed by atoms with Crippen molar-refractivity contribution in [3.8, 4) is 35.4 Å². The number of aliphatic carboxylic acids is 1. The number of benzene rings is 9. The van der Waals surface area contributed by atoms with Gasteiger partial charge in [-0.3, -0.25) is 69.2 Å². The van der Waals surface area contributed by atoms with Crippen molar-refractivity contribution in [1.29, 1.82) is 10.5 Å². The molecule has 38 nitrogen and oxygen atoms in total. The van der Waals surface area contributed by atoms with Gasteiger partial charge in [-0.05, 0) is 163 Å². The van der Waals surface area contributed by atoms with E-state index in [-0.39, 0.29) is 109 Å². The Labute approximate surface area is 784 Å². The number of thiocarbonyl (C=S) groups is 1. The van der Waals surface area contributed by atoms with Crippen LogP contribution >= 0.6 is 39.9 Å². The zero-order valence-corrected chi connectivity index (χ0v) is 75.9. The SMILES string of the molecule is C[NH+]1CCC(=NNC(=O)CN(c2cccc([N+](=O)[O-])c2)S(=O)(=O)c2ccccc2)CC1.Cc1cc([N+](=O)[O-])cc(C=Nc2ccc3c(c2)C=NC3)c1[O-].Cc1nc(Oc2cccc(/C=C(\C#N)c3nn(CCO)c(N)c3C#N)c2)nc(N2CCCCC2)n1.O=C([O-])CCCN1C(=O)/C(=C/c2cccc3ccccc23)SC1=S.O=[N+]([O-])c1cc(Br)c([O-])c(C=Nc2ccc3[nH]ncc3c2)c1. The van der Waals surface area contributed by atoms with E-state index in [2.05, 4.69) is 89.7 Å². The van der Waals surface area contributed by atoms with Crippen LogP contribution in [-0.4, -0.2) is 168 Å². The number of carbonyl (C=O) groups is 3. The lowest BCUT2D eigenvalue weighted by atomic mass is 10.0. The molecule has 134 heavy (non-hydrogen) atoms. The first-order valence-electron chi connectivity index (χ1n) is 41.3. The number of halogens is 1. The molecule has 0 unspecified atom stereocenters. The topological polar surface area (TPSA) is 548 Å². The lowest BCUT2D eigenvalue weighted by Crippen LogP contribution is -3.10. The molecule has 0 bridgehead atoms. The van der Waals surface area contributed by atoms with Gasteiger partial charge in [0.2, 0.25) is 5.95 Å². The van der Waals surface area contributed by atoms with Crippen LogP contribution in [0.3, 0.4) is 0 Å². The molecular weight excluding hydrogens is 1850 g/mol. The third-order valence-corrected chi connectivity index (χ3v) is 24.5. The minimum Gasteiger partial charge on any atom is -0.872 e. The van der Waals surface area contributed by atoms with Crippen molar-refractivity contribution in [2.24, 2.45) is 20.1 Å². The summed E-state index contributed by atoms with van der Waals surface area (Å²) >= 11 is 9.53. The Morgan fingerprint density at radius 2 is 1.46 bits per heavy atom. The molecule has 42 heteroatoms. The lowest BCUT2D eigenvalue weighted by Gasteiger charge is -2.26. The number of amides is 2. The van der Waals surface area contributed by atoms with E-state index in [1.165, 1.54) is 99.7 Å². The third kappa shape index (κ3) is 25.7. The van der Waals surface area contributed by atoms with Gasteiger partial charge in [-0.15, -0.1) is 0 Å². The molecule has 0 saturated carbocycles. The van der Waals surface area contributed by atoms with Crippen molar-refractivity contribution < 1.29 is 67.6 Å². The summed E-state index contributed by atoms with van der Waals surface area (Å²) in [5.41, 5.74) is 15.7. The molecule has 12 aromatic rings. The second-order valence-electron chi connectivity index (χ2n) is 30.2. The molecule has 0 aliphatic carbocycles. The average molecular weight is 1930 g/mol. The maximum atomic E-state index is 13.2. The van der Waals surface area contributed by atoms with E-state index in [1.54, 1.807) is 86.9 Å². The number of anilines is 3. The highest BCUT2D eigenvalue weighted by Gasteiger charge is 2.33. The highest BCUT2D eigenvalue weighted by molar-refractivity contribution is 9.10. The highest BCUT2D eigenvalue weighted by atomic mass is 79.9. The number of nitriles is 2. The Kier molecular flexibility index (Phi) is 33.2. The van der Waals surface area contributed by atoms with Crippen molar-refractivity contribution in [3.63, 3.8) is 0 Å². The number of thioether (sulfide) groups is 1. The number of hydrazone groups is 1. The number of carboxylic acids is 1. The molecule has 0 spiro atoms. The fourth-order valence-corrected chi connectivity index (χ4v) is 17.1. The predicted octanol–water partition coefficient (Wildman–Crippen LogP) is 11.5. The number of hydrogen-bond acceptors (Lipinski definition) is 31. The van der Waals surface area contributed by atoms with Crippen molar-refractivity contribution in [1.82, 2.24) is 45.3 Å². The summed E-state index contributed by atoms with van der Waals surface area (Å²) in [6.07, 6.45) is 14.7. The molecule has 4 aliphatic rings. The normalized spacial score (nSPS) is 14.3. The summed E-state index contributed by atoms with van der Waals surface area (Å²) in [5, 5.41) is 114. The number of nitrogen functional groups attached to an aromatic ring is 1. The molecule has 684 valence electrons. The minimum atomic E-state index is -4.14. The predicted molar refractivity (Wildman–Crippen MR) is 509 cm³/mol. The van der Waals surface area contributed by atoms with Gasteiger partial charge in [-0.2, -0.15) is 40.8 Å². The number of quaternary nitrogens is 1. The molecule has 2 amide bonds. The first kappa shape index (κ1) is 97.3. The molecular formula is C92H83BrN22O16S3-2. The van der Waals surface area contributed by atoms with Crippen molar-refractivity contribution in [3.05, 3.63) is 284 Å². The van der Waals surface area contributed by atoms with Gasteiger partial charge < -0.3 is 45.5 Å². The van der Waals surface area contributed by atoms with Crippen molar-refractivity contribution >= 4 is 182 Å². The number of ether oxygens (including phenoxy) is 1. The first-order valence-corrected chi connectivity index (χ1v) is 44.8. The molecule has 0 atom stereocenters. The number of rotatable bonds is 25. The summed E-state index contributed by atoms with van der Waals surface area (Å²) in [4.78, 5) is 98.1. The number of non-ortho nitro benzene ring substituents is 3. The summed E-state index contributed by atoms with van der Waals surface area (Å²) < 4.78 is 35.1. The monoisotopic (exact) mass is 1930 g/mol. The number of carbonyl (C=O) groups excluding carboxylic acids is 3. The number of hydrogen-bond donors (Lipinski definition) is 5. The van der Waals surface area contributed by atoms with Gasteiger partial charge in [0.25, 0.3) is 38.9 Å². The lowest BCUT2D eigenvalue weighted by molar-refractivity contribution is -0.880. The number of aliphatic imine (C=N–C) groups is 3. The number of aryl methyl sites for hydroxylation is 2. The largest absolute Gasteiger partial charge is 0.872 e. The number of nitrogens with two attached hydrogens (primary N) is 1. The molecule has 4 aliphatic heterocycles. The number of sulfonamides is 1. The number of carboxylic acid groups (broad SMARTS) is 1. The Balaban J connectivity index is 0.000000153. The number of nitrogens with zero attached hydrogens (tertiary/aromatic N) is 18. The van der Waals surface area contributed by atoms with Crippen LogP contribution in [0.2, 0.25) is 0 Å². The van der Waals surface area contributed by atoms with Gasteiger partial charge in [0, 0.05) is 109 Å². The van der Waals surface area contributed by atoms with E-state index >= 15 is 0 Å². The van der Waals surface area contributed by atoms with Crippen molar-refractivity contribution in [2.45, 2.75) is 76.8 Å². The molecule has 16 rings (SSSR count). The number of H-pyrrole nitrogens is 1. The summed E-state index contributed by atoms with van der Waals surface area (Å²) in [6.45, 7) is 7.32. The standard InChI is InChI=1S/C24H25N9O2.C20H23N5O5S.C18H15NO3S2.C16H13N3O3.C14H9BrN4O3/c1-16-28-23(32-8-3-2-4-9-32)30-24(29-16)35-19-7-5-6-17(13-19)12-18(14-25)21-20(15-26)22(27)33(31-21)10-11-34;1-23-12-10-16(11-13-23)21-22-20(26)15-24(17-6-5-7-18(14-17)25(27)28)31(29,30)19-8-3-2-4-9-19;20-16(21)9-4-10-19-17(22)15(24-18(19)23)11-13-7-3-6-12-5-1-2-8-14(12)13;1-10-4-15(19(21)22)6-13(16(10)20)9-18-14-3-2-11-7-17-8-12(11)5-14;15-12-5-11(19(21)22)4-9(14(12)20)6-16-10-1-2-13-8(3-10)7-17-18-13/h5-7,12-13,34H,2-4,8-11,27H2,1H3;2-9,14H,10-13,15H2,1H3,(H,22,26);1-3,5-8,11H,4,9-10H2,(H,20,21);2-6,8-9,20H,7H2,1H3;1-7,20H,(H,17,18)/p-2/b18-12+;;15-11-;;. The Morgan fingerprint density at radius 1 is 0.784 bits per heavy atom. The van der Waals surface area contributed by atoms with Gasteiger partial charge in [0.15, 0.2) is 0 Å². The van der Waals surface area contributed by atoms with Crippen LogP contribution in [0.1, 0.15) is 101 Å². The zero-order chi connectivity index (χ0) is 95.7. The third-order valence-electron chi connectivity index (χ3n) is 20.8. The number of aromatic nitrogens is 7.